The molecule has 2 fully saturated rings. The second-order valence-electron chi connectivity index (χ2n) is 6.54. The van der Waals surface area contributed by atoms with Gasteiger partial charge in [-0.3, -0.25) is 14.7 Å². The van der Waals surface area contributed by atoms with Gasteiger partial charge in [0.25, 0.3) is 0 Å². The maximum absolute atomic E-state index is 12.6. The summed E-state index contributed by atoms with van der Waals surface area (Å²) in [5, 5.41) is 3.43. The largest absolute Gasteiger partial charge is 0.342 e. The molecule has 1 atom stereocenters. The number of piperidine rings is 1. The van der Waals surface area contributed by atoms with Crippen LogP contribution in [-0.4, -0.2) is 60.0 Å². The van der Waals surface area contributed by atoms with Crippen molar-refractivity contribution in [3.05, 3.63) is 30.1 Å². The highest BCUT2D eigenvalue weighted by molar-refractivity contribution is 5.78. The smallest absolute Gasteiger partial charge is 0.236 e. The fraction of sp³-hybridized carbons (Fsp3) is 0.647. The number of carbonyl (C=O) groups excluding carboxylic acids is 1. The average molecular weight is 302 g/mol. The van der Waals surface area contributed by atoms with Crippen LogP contribution in [-0.2, 0) is 4.79 Å². The van der Waals surface area contributed by atoms with E-state index in [1.165, 1.54) is 5.56 Å². The van der Waals surface area contributed by atoms with Crippen molar-refractivity contribution < 1.29 is 4.79 Å². The topological polar surface area (TPSA) is 48.5 Å². The van der Waals surface area contributed by atoms with Crippen molar-refractivity contribution in [2.24, 2.45) is 5.92 Å². The third-order valence-electron chi connectivity index (χ3n) is 4.90. The van der Waals surface area contributed by atoms with E-state index in [9.17, 15) is 4.79 Å². The predicted octanol–water partition coefficient (Wildman–Crippen LogP) is 1.29. The van der Waals surface area contributed by atoms with E-state index < -0.39 is 0 Å². The molecule has 3 heterocycles. The van der Waals surface area contributed by atoms with Crippen molar-refractivity contribution in [3.8, 4) is 0 Å². The molecule has 2 saturated heterocycles. The van der Waals surface area contributed by atoms with Crippen LogP contribution in [0.4, 0.5) is 0 Å². The molecule has 2 aliphatic rings. The molecule has 0 bridgehead atoms. The number of amides is 1. The fourth-order valence-electron chi connectivity index (χ4n) is 3.37. The first-order valence-corrected chi connectivity index (χ1v) is 8.36. The molecule has 1 aromatic heterocycles. The highest BCUT2D eigenvalue weighted by atomic mass is 16.2. The Kier molecular flexibility index (Phi) is 5.05. The molecule has 1 aromatic rings. The molecule has 120 valence electrons. The molecular formula is C17H26N4O. The van der Waals surface area contributed by atoms with Crippen molar-refractivity contribution in [2.45, 2.75) is 25.8 Å². The number of nitrogens with zero attached hydrogens (tertiary/aromatic N) is 3. The van der Waals surface area contributed by atoms with Gasteiger partial charge in [0, 0.05) is 51.2 Å². The van der Waals surface area contributed by atoms with Crippen LogP contribution in [0.5, 0.6) is 0 Å². The number of hydrogen-bond donors (Lipinski definition) is 1. The number of likely N-dealkylation sites (tertiary alicyclic amines) is 1. The van der Waals surface area contributed by atoms with E-state index in [0.717, 1.165) is 51.5 Å². The molecule has 2 aliphatic heterocycles. The van der Waals surface area contributed by atoms with Crippen molar-refractivity contribution >= 4 is 5.91 Å². The van der Waals surface area contributed by atoms with Gasteiger partial charge in [-0.1, -0.05) is 13.0 Å². The summed E-state index contributed by atoms with van der Waals surface area (Å²) in [6, 6.07) is 4.32. The molecule has 22 heavy (non-hydrogen) atoms. The van der Waals surface area contributed by atoms with E-state index in [4.69, 9.17) is 0 Å². The lowest BCUT2D eigenvalue weighted by Crippen LogP contribution is -2.51. The zero-order chi connectivity index (χ0) is 15.4. The van der Waals surface area contributed by atoms with E-state index in [1.54, 1.807) is 6.20 Å². The van der Waals surface area contributed by atoms with E-state index >= 15 is 0 Å². The second kappa shape index (κ2) is 7.20. The Bertz CT molecular complexity index is 485. The number of rotatable bonds is 3. The van der Waals surface area contributed by atoms with Crippen LogP contribution in [0.25, 0.3) is 0 Å². The number of carbonyl (C=O) groups is 1. The minimum atomic E-state index is 0.245. The lowest BCUT2D eigenvalue weighted by Gasteiger charge is -2.38. The summed E-state index contributed by atoms with van der Waals surface area (Å²) in [5.74, 6) is 1.04. The van der Waals surface area contributed by atoms with Crippen molar-refractivity contribution in [3.63, 3.8) is 0 Å². The number of pyridine rings is 1. The molecular weight excluding hydrogens is 276 g/mol. The second-order valence-corrected chi connectivity index (χ2v) is 6.54. The van der Waals surface area contributed by atoms with Gasteiger partial charge in [-0.2, -0.15) is 0 Å². The van der Waals surface area contributed by atoms with Gasteiger partial charge < -0.3 is 10.2 Å². The minimum absolute atomic E-state index is 0.245. The van der Waals surface area contributed by atoms with Crippen molar-refractivity contribution in [1.29, 1.82) is 0 Å². The third kappa shape index (κ3) is 3.65. The van der Waals surface area contributed by atoms with E-state index in [1.807, 2.05) is 17.2 Å². The first-order valence-electron chi connectivity index (χ1n) is 8.36. The summed E-state index contributed by atoms with van der Waals surface area (Å²) in [4.78, 5) is 21.2. The molecule has 0 aliphatic carbocycles. The Labute approximate surface area is 132 Å². The summed E-state index contributed by atoms with van der Waals surface area (Å²) in [7, 11) is 0. The summed E-state index contributed by atoms with van der Waals surface area (Å²) in [6.07, 6.45) is 5.99. The van der Waals surface area contributed by atoms with E-state index in [0.29, 0.717) is 6.54 Å². The van der Waals surface area contributed by atoms with Crippen LogP contribution in [0, 0.1) is 5.92 Å². The molecule has 1 N–H and O–H groups in total. The van der Waals surface area contributed by atoms with Gasteiger partial charge in [0.1, 0.15) is 0 Å². The minimum Gasteiger partial charge on any atom is -0.342 e. The average Bonchev–Trinajstić information content (AvgIpc) is 2.57. The monoisotopic (exact) mass is 302 g/mol. The maximum Gasteiger partial charge on any atom is 0.236 e. The lowest BCUT2D eigenvalue weighted by atomic mass is 9.99. The van der Waals surface area contributed by atoms with Crippen LogP contribution < -0.4 is 5.32 Å². The molecule has 0 spiro atoms. The number of nitrogens with one attached hydrogen (secondary N) is 1. The number of hydrogen-bond acceptors (Lipinski definition) is 4. The van der Waals surface area contributed by atoms with Gasteiger partial charge in [-0.05, 0) is 30.4 Å². The molecule has 5 heteroatoms. The van der Waals surface area contributed by atoms with Gasteiger partial charge >= 0.3 is 0 Å². The molecule has 0 radical (unpaired) electrons. The molecule has 0 aromatic carbocycles. The molecule has 5 nitrogen and oxygen atoms in total. The Morgan fingerprint density at radius 2 is 2.18 bits per heavy atom. The third-order valence-corrected chi connectivity index (χ3v) is 4.90. The summed E-state index contributed by atoms with van der Waals surface area (Å²) in [5.41, 5.74) is 1.19. The van der Waals surface area contributed by atoms with Gasteiger partial charge in [-0.25, -0.2) is 0 Å². The standard InChI is InChI=1S/C17H26N4O/c1-14-4-8-20(9-5-14)17(22)13-21-10-7-19-12-16(21)15-3-2-6-18-11-15/h2-3,6,11,14,16,19H,4-5,7-10,12-13H2,1H3. The number of aromatic nitrogens is 1. The lowest BCUT2D eigenvalue weighted by molar-refractivity contribution is -0.134. The van der Waals surface area contributed by atoms with Gasteiger partial charge in [0.2, 0.25) is 5.91 Å². The normalized spacial score (nSPS) is 24.4. The highest BCUT2D eigenvalue weighted by Gasteiger charge is 2.28. The zero-order valence-corrected chi connectivity index (χ0v) is 13.4. The first-order chi connectivity index (χ1) is 10.7. The van der Waals surface area contributed by atoms with Gasteiger partial charge in [-0.15, -0.1) is 0 Å². The Hall–Kier alpha value is -1.46. The highest BCUT2D eigenvalue weighted by Crippen LogP contribution is 2.22. The quantitative estimate of drug-likeness (QED) is 0.914. The Balaban J connectivity index is 1.63. The van der Waals surface area contributed by atoms with E-state index in [-0.39, 0.29) is 11.9 Å². The van der Waals surface area contributed by atoms with Gasteiger partial charge in [0.15, 0.2) is 0 Å². The fourth-order valence-corrected chi connectivity index (χ4v) is 3.37. The van der Waals surface area contributed by atoms with Crippen LogP contribution in [0.2, 0.25) is 0 Å². The van der Waals surface area contributed by atoms with Crippen LogP contribution in [0.1, 0.15) is 31.4 Å². The zero-order valence-electron chi connectivity index (χ0n) is 13.4. The van der Waals surface area contributed by atoms with Crippen LogP contribution in [0.3, 0.4) is 0 Å². The van der Waals surface area contributed by atoms with Crippen LogP contribution >= 0.6 is 0 Å². The number of piperazine rings is 1. The molecule has 3 rings (SSSR count). The van der Waals surface area contributed by atoms with Gasteiger partial charge in [0.05, 0.1) is 6.54 Å². The maximum atomic E-state index is 12.6. The summed E-state index contributed by atoms with van der Waals surface area (Å²) in [6.45, 7) is 7.38. The van der Waals surface area contributed by atoms with Crippen molar-refractivity contribution in [1.82, 2.24) is 20.1 Å². The SMILES string of the molecule is CC1CCN(C(=O)CN2CCNCC2c2cccnc2)CC1. The predicted molar refractivity (Wildman–Crippen MR) is 86.4 cm³/mol. The molecule has 0 saturated carbocycles. The van der Waals surface area contributed by atoms with E-state index in [2.05, 4.69) is 28.2 Å². The summed E-state index contributed by atoms with van der Waals surface area (Å²) < 4.78 is 0. The Morgan fingerprint density at radius 3 is 2.91 bits per heavy atom. The van der Waals surface area contributed by atoms with Crippen LogP contribution in [0.15, 0.2) is 24.5 Å². The van der Waals surface area contributed by atoms with Crippen molar-refractivity contribution in [2.75, 3.05) is 39.3 Å². The Morgan fingerprint density at radius 1 is 1.36 bits per heavy atom. The molecule has 1 unspecified atom stereocenters. The first kappa shape index (κ1) is 15.4. The summed E-state index contributed by atoms with van der Waals surface area (Å²) >= 11 is 0. The molecule has 1 amide bonds.